The highest BCUT2D eigenvalue weighted by Gasteiger charge is 2.30. The first-order valence-electron chi connectivity index (χ1n) is 11.3. The van der Waals surface area contributed by atoms with Crippen LogP contribution >= 0.6 is 0 Å². The van der Waals surface area contributed by atoms with E-state index in [2.05, 4.69) is 21.6 Å². The van der Waals surface area contributed by atoms with E-state index < -0.39 is 0 Å². The first kappa shape index (κ1) is 21.1. The molecule has 1 N–H and O–H groups in total. The van der Waals surface area contributed by atoms with Crippen molar-refractivity contribution in [1.82, 2.24) is 24.9 Å². The lowest BCUT2D eigenvalue weighted by molar-refractivity contribution is -0.122. The molecular weight excluding hydrogens is 414 g/mol. The van der Waals surface area contributed by atoms with Crippen LogP contribution in [0.3, 0.4) is 0 Å². The molecule has 7 nitrogen and oxygen atoms in total. The van der Waals surface area contributed by atoms with Crippen LogP contribution < -0.4 is 10.9 Å². The van der Waals surface area contributed by atoms with Gasteiger partial charge in [0, 0.05) is 17.8 Å². The van der Waals surface area contributed by atoms with Crippen molar-refractivity contribution in [3.63, 3.8) is 0 Å². The van der Waals surface area contributed by atoms with Crippen LogP contribution in [0.25, 0.3) is 16.6 Å². The molecule has 2 aromatic heterocycles. The van der Waals surface area contributed by atoms with Gasteiger partial charge in [-0.1, -0.05) is 47.5 Å². The Balaban J connectivity index is 1.50. The predicted octanol–water partition coefficient (Wildman–Crippen LogP) is 3.70. The van der Waals surface area contributed by atoms with E-state index in [1.807, 2.05) is 57.2 Å². The van der Waals surface area contributed by atoms with Gasteiger partial charge in [-0.2, -0.15) is 10.2 Å². The summed E-state index contributed by atoms with van der Waals surface area (Å²) in [7, 11) is 0. The fourth-order valence-corrected chi connectivity index (χ4v) is 4.18. The minimum Gasteiger partial charge on any atom is -0.350 e. The average molecular weight is 442 g/mol. The van der Waals surface area contributed by atoms with Crippen LogP contribution in [0.5, 0.6) is 0 Å². The van der Waals surface area contributed by atoms with Crippen LogP contribution in [-0.2, 0) is 17.9 Å². The van der Waals surface area contributed by atoms with E-state index in [4.69, 9.17) is 0 Å². The van der Waals surface area contributed by atoms with Crippen LogP contribution in [0.4, 0.5) is 0 Å². The summed E-state index contributed by atoms with van der Waals surface area (Å²) in [5, 5.41) is 12.8. The molecule has 7 heteroatoms. The standard InChI is InChI=1S/C26H27N5O2/c1-16-4-7-19(8-5-16)13-27-23(32)15-30-26(33)25-21(24(29-30)20-9-10-20)14-28-31(25)22-11-6-17(2)12-18(22)3/h4-8,11-12,14,20H,9-10,13,15H2,1-3H3,(H,27,32). The normalized spacial score (nSPS) is 13.4. The van der Waals surface area contributed by atoms with E-state index in [0.717, 1.165) is 46.3 Å². The van der Waals surface area contributed by atoms with Crippen molar-refractivity contribution in [2.75, 3.05) is 0 Å². The molecule has 0 atom stereocenters. The zero-order valence-electron chi connectivity index (χ0n) is 19.1. The lowest BCUT2D eigenvalue weighted by Crippen LogP contribution is -2.34. The Hall–Kier alpha value is -3.74. The summed E-state index contributed by atoms with van der Waals surface area (Å²) in [6, 6.07) is 14.1. The van der Waals surface area contributed by atoms with Gasteiger partial charge in [0.25, 0.3) is 5.56 Å². The third kappa shape index (κ3) is 4.18. The molecule has 0 saturated heterocycles. The van der Waals surface area contributed by atoms with E-state index in [1.165, 1.54) is 10.2 Å². The Kier molecular flexibility index (Phi) is 5.32. The summed E-state index contributed by atoms with van der Waals surface area (Å²) in [5.41, 5.74) is 6.24. The molecule has 0 radical (unpaired) electrons. The lowest BCUT2D eigenvalue weighted by Gasteiger charge is -2.12. The topological polar surface area (TPSA) is 81.8 Å². The number of nitrogens with one attached hydrogen (secondary N) is 1. The number of carbonyl (C=O) groups excluding carboxylic acids is 1. The van der Waals surface area contributed by atoms with Crippen molar-refractivity contribution in [1.29, 1.82) is 0 Å². The molecule has 2 aromatic carbocycles. The zero-order chi connectivity index (χ0) is 23.1. The minimum atomic E-state index is -0.308. The molecule has 0 bridgehead atoms. The Labute approximate surface area is 192 Å². The first-order chi connectivity index (χ1) is 15.9. The van der Waals surface area contributed by atoms with Crippen LogP contribution in [0.15, 0.2) is 53.5 Å². The maximum atomic E-state index is 13.5. The smallest absolute Gasteiger partial charge is 0.293 e. The summed E-state index contributed by atoms with van der Waals surface area (Å²) in [4.78, 5) is 26.2. The van der Waals surface area contributed by atoms with Gasteiger partial charge in [-0.05, 0) is 50.8 Å². The first-order valence-corrected chi connectivity index (χ1v) is 11.3. The number of nitrogens with zero attached hydrogens (tertiary/aromatic N) is 4. The van der Waals surface area contributed by atoms with Gasteiger partial charge in [0.05, 0.1) is 17.6 Å². The summed E-state index contributed by atoms with van der Waals surface area (Å²) in [6.07, 6.45) is 3.81. The summed E-state index contributed by atoms with van der Waals surface area (Å²) in [5.74, 6) is 0.0654. The molecule has 33 heavy (non-hydrogen) atoms. The zero-order valence-corrected chi connectivity index (χ0v) is 19.1. The summed E-state index contributed by atoms with van der Waals surface area (Å²) in [6.45, 7) is 6.35. The van der Waals surface area contributed by atoms with Crippen LogP contribution in [0.1, 0.15) is 46.7 Å². The van der Waals surface area contributed by atoms with Crippen molar-refractivity contribution in [3.05, 3.63) is 87.0 Å². The number of rotatable bonds is 6. The molecule has 1 aliphatic carbocycles. The molecule has 2 heterocycles. The number of hydrogen-bond donors (Lipinski definition) is 1. The van der Waals surface area contributed by atoms with E-state index in [0.29, 0.717) is 18.0 Å². The number of hydrogen-bond acceptors (Lipinski definition) is 4. The lowest BCUT2D eigenvalue weighted by atomic mass is 10.1. The second-order valence-electron chi connectivity index (χ2n) is 8.99. The molecular formula is C26H27N5O2. The number of aryl methyl sites for hydroxylation is 3. The Morgan fingerprint density at radius 1 is 1.06 bits per heavy atom. The van der Waals surface area contributed by atoms with Crippen molar-refractivity contribution >= 4 is 16.8 Å². The quantitative estimate of drug-likeness (QED) is 0.495. The van der Waals surface area contributed by atoms with Crippen molar-refractivity contribution in [2.24, 2.45) is 0 Å². The molecule has 1 saturated carbocycles. The maximum Gasteiger partial charge on any atom is 0.293 e. The fourth-order valence-electron chi connectivity index (χ4n) is 4.18. The largest absolute Gasteiger partial charge is 0.350 e. The fraction of sp³-hybridized carbons (Fsp3) is 0.308. The Morgan fingerprint density at radius 3 is 2.48 bits per heavy atom. The van der Waals surface area contributed by atoms with Crippen molar-refractivity contribution in [3.8, 4) is 5.69 Å². The molecule has 1 fully saturated rings. The number of fused-ring (bicyclic) bond motifs is 1. The van der Waals surface area contributed by atoms with Crippen LogP contribution in [-0.4, -0.2) is 25.5 Å². The molecule has 0 aliphatic heterocycles. The van der Waals surface area contributed by atoms with E-state index >= 15 is 0 Å². The molecule has 5 rings (SSSR count). The Morgan fingerprint density at radius 2 is 1.79 bits per heavy atom. The SMILES string of the molecule is Cc1ccc(CNC(=O)Cn2nc(C3CC3)c3cnn(-c4ccc(C)cc4C)c3c2=O)cc1. The number of carbonyl (C=O) groups is 1. The molecule has 168 valence electrons. The predicted molar refractivity (Wildman–Crippen MR) is 128 cm³/mol. The van der Waals surface area contributed by atoms with Gasteiger partial charge in [-0.3, -0.25) is 9.59 Å². The van der Waals surface area contributed by atoms with E-state index in [-0.39, 0.29) is 18.0 Å². The van der Waals surface area contributed by atoms with Gasteiger partial charge in [0.15, 0.2) is 0 Å². The van der Waals surface area contributed by atoms with Gasteiger partial charge >= 0.3 is 0 Å². The van der Waals surface area contributed by atoms with Crippen LogP contribution in [0.2, 0.25) is 0 Å². The number of aromatic nitrogens is 4. The van der Waals surface area contributed by atoms with Gasteiger partial charge in [-0.25, -0.2) is 9.36 Å². The van der Waals surface area contributed by atoms with Gasteiger partial charge in [0.2, 0.25) is 5.91 Å². The monoisotopic (exact) mass is 441 g/mol. The highest BCUT2D eigenvalue weighted by Crippen LogP contribution is 2.41. The molecule has 1 amide bonds. The summed E-state index contributed by atoms with van der Waals surface area (Å²) < 4.78 is 2.99. The summed E-state index contributed by atoms with van der Waals surface area (Å²) >= 11 is 0. The number of amides is 1. The third-order valence-corrected chi connectivity index (χ3v) is 6.16. The van der Waals surface area contributed by atoms with Gasteiger partial charge in [0.1, 0.15) is 12.1 Å². The minimum absolute atomic E-state index is 0.127. The average Bonchev–Trinajstić information content (AvgIpc) is 3.54. The number of benzene rings is 2. The van der Waals surface area contributed by atoms with Crippen molar-refractivity contribution < 1.29 is 4.79 Å². The van der Waals surface area contributed by atoms with Crippen molar-refractivity contribution in [2.45, 2.75) is 52.6 Å². The second-order valence-corrected chi connectivity index (χ2v) is 8.99. The molecule has 0 unspecified atom stereocenters. The second kappa shape index (κ2) is 8.31. The van der Waals surface area contributed by atoms with Crippen LogP contribution in [0, 0.1) is 20.8 Å². The van der Waals surface area contributed by atoms with Gasteiger partial charge < -0.3 is 5.32 Å². The highest BCUT2D eigenvalue weighted by molar-refractivity contribution is 5.83. The third-order valence-electron chi connectivity index (χ3n) is 6.16. The van der Waals surface area contributed by atoms with E-state index in [1.54, 1.807) is 10.9 Å². The molecule has 0 spiro atoms. The van der Waals surface area contributed by atoms with E-state index in [9.17, 15) is 9.59 Å². The van der Waals surface area contributed by atoms with Gasteiger partial charge in [-0.15, -0.1) is 0 Å². The Bertz CT molecular complexity index is 1410. The molecule has 1 aliphatic rings. The highest BCUT2D eigenvalue weighted by atomic mass is 16.2. The maximum absolute atomic E-state index is 13.5. The molecule has 4 aromatic rings.